The van der Waals surface area contributed by atoms with Gasteiger partial charge in [0.25, 0.3) is 0 Å². The molecule has 5 heteroatoms. The molecule has 0 aliphatic rings. The van der Waals surface area contributed by atoms with Crippen LogP contribution < -0.4 is 10.6 Å². The summed E-state index contributed by atoms with van der Waals surface area (Å²) in [6.45, 7) is 6.10. The van der Waals surface area contributed by atoms with Gasteiger partial charge >= 0.3 is 0 Å². The van der Waals surface area contributed by atoms with E-state index in [9.17, 15) is 0 Å². The van der Waals surface area contributed by atoms with Gasteiger partial charge < -0.3 is 15.5 Å². The van der Waals surface area contributed by atoms with Gasteiger partial charge in [0.15, 0.2) is 0 Å². The van der Waals surface area contributed by atoms with E-state index in [-0.39, 0.29) is 0 Å². The Bertz CT molecular complexity index is 326. The van der Waals surface area contributed by atoms with Crippen LogP contribution >= 0.6 is 0 Å². The van der Waals surface area contributed by atoms with Crippen LogP contribution in [0.2, 0.25) is 0 Å². The maximum Gasteiger partial charge on any atom is 0.224 e. The standard InChI is InChI=1S/C12H23N5/c1-5-13-12-14-8-6-11(16-12)15-10(2)7-9-17(3)4/h6,8,10H,5,7,9H2,1-4H3,(H2,13,14,15,16). The van der Waals surface area contributed by atoms with Gasteiger partial charge in [-0.2, -0.15) is 4.98 Å². The fourth-order valence-electron chi connectivity index (χ4n) is 1.46. The molecule has 1 unspecified atom stereocenters. The number of aromatic nitrogens is 2. The minimum Gasteiger partial charge on any atom is -0.367 e. The van der Waals surface area contributed by atoms with Crippen LogP contribution in [0.3, 0.4) is 0 Å². The first-order valence-corrected chi connectivity index (χ1v) is 6.10. The zero-order valence-electron chi connectivity index (χ0n) is 11.2. The lowest BCUT2D eigenvalue weighted by atomic mass is 10.2. The molecule has 0 aliphatic carbocycles. The molecule has 1 aromatic rings. The summed E-state index contributed by atoms with van der Waals surface area (Å²) in [5.41, 5.74) is 0. The number of anilines is 2. The summed E-state index contributed by atoms with van der Waals surface area (Å²) in [6.07, 6.45) is 2.86. The largest absolute Gasteiger partial charge is 0.367 e. The van der Waals surface area contributed by atoms with Gasteiger partial charge in [0.05, 0.1) is 0 Å². The summed E-state index contributed by atoms with van der Waals surface area (Å²) in [6, 6.07) is 2.30. The fourth-order valence-corrected chi connectivity index (χ4v) is 1.46. The van der Waals surface area contributed by atoms with Crippen LogP contribution in [0.5, 0.6) is 0 Å². The Morgan fingerprint density at radius 2 is 2.18 bits per heavy atom. The van der Waals surface area contributed by atoms with Crippen molar-refractivity contribution < 1.29 is 0 Å². The van der Waals surface area contributed by atoms with Gasteiger partial charge in [0, 0.05) is 18.8 Å². The lowest BCUT2D eigenvalue weighted by molar-refractivity contribution is 0.390. The summed E-state index contributed by atoms with van der Waals surface area (Å²) >= 11 is 0. The van der Waals surface area contributed by atoms with Crippen LogP contribution in [0.15, 0.2) is 12.3 Å². The van der Waals surface area contributed by atoms with Crippen molar-refractivity contribution in [2.24, 2.45) is 0 Å². The van der Waals surface area contributed by atoms with Crippen LogP contribution in [0, 0.1) is 0 Å². The Morgan fingerprint density at radius 1 is 1.41 bits per heavy atom. The molecule has 0 saturated heterocycles. The van der Waals surface area contributed by atoms with E-state index in [1.165, 1.54) is 0 Å². The predicted molar refractivity (Wildman–Crippen MR) is 72.5 cm³/mol. The molecule has 1 atom stereocenters. The minimum atomic E-state index is 0.404. The van der Waals surface area contributed by atoms with Crippen molar-refractivity contribution >= 4 is 11.8 Å². The average Bonchev–Trinajstić information content (AvgIpc) is 2.27. The topological polar surface area (TPSA) is 53.1 Å². The smallest absolute Gasteiger partial charge is 0.224 e. The average molecular weight is 237 g/mol. The molecule has 0 aromatic carbocycles. The van der Waals surface area contributed by atoms with Crippen molar-refractivity contribution in [3.8, 4) is 0 Å². The summed E-state index contributed by atoms with van der Waals surface area (Å²) < 4.78 is 0. The molecule has 96 valence electrons. The Hall–Kier alpha value is -1.36. The summed E-state index contributed by atoms with van der Waals surface area (Å²) in [4.78, 5) is 10.7. The number of nitrogens with one attached hydrogen (secondary N) is 2. The molecule has 0 radical (unpaired) electrons. The molecule has 0 bridgehead atoms. The highest BCUT2D eigenvalue weighted by molar-refractivity contribution is 5.40. The van der Waals surface area contributed by atoms with E-state index in [1.54, 1.807) is 6.20 Å². The highest BCUT2D eigenvalue weighted by Gasteiger charge is 2.04. The summed E-state index contributed by atoms with van der Waals surface area (Å²) in [5.74, 6) is 1.56. The van der Waals surface area contributed by atoms with Crippen LogP contribution in [-0.2, 0) is 0 Å². The molecule has 0 aliphatic heterocycles. The molecule has 1 heterocycles. The van der Waals surface area contributed by atoms with Crippen molar-refractivity contribution in [1.82, 2.24) is 14.9 Å². The quantitative estimate of drug-likeness (QED) is 0.755. The third-order valence-electron chi connectivity index (χ3n) is 2.39. The van der Waals surface area contributed by atoms with Gasteiger partial charge in [-0.25, -0.2) is 4.98 Å². The molecule has 1 rings (SSSR count). The van der Waals surface area contributed by atoms with Crippen LogP contribution in [0.4, 0.5) is 11.8 Å². The zero-order chi connectivity index (χ0) is 12.7. The lowest BCUT2D eigenvalue weighted by Gasteiger charge is -2.17. The van der Waals surface area contributed by atoms with Gasteiger partial charge in [-0.05, 0) is 47.0 Å². The first kappa shape index (κ1) is 13.7. The van der Waals surface area contributed by atoms with Crippen molar-refractivity contribution in [1.29, 1.82) is 0 Å². The van der Waals surface area contributed by atoms with Crippen LogP contribution in [0.25, 0.3) is 0 Å². The van der Waals surface area contributed by atoms with Crippen LogP contribution in [-0.4, -0.2) is 48.1 Å². The van der Waals surface area contributed by atoms with Gasteiger partial charge in [-0.3, -0.25) is 0 Å². The highest BCUT2D eigenvalue weighted by Crippen LogP contribution is 2.08. The Morgan fingerprint density at radius 3 is 2.82 bits per heavy atom. The maximum absolute atomic E-state index is 4.38. The minimum absolute atomic E-state index is 0.404. The van der Waals surface area contributed by atoms with E-state index < -0.39 is 0 Å². The van der Waals surface area contributed by atoms with Gasteiger partial charge in [0.1, 0.15) is 5.82 Å². The molecule has 0 spiro atoms. The van der Waals surface area contributed by atoms with Gasteiger partial charge in [0.2, 0.25) is 5.95 Å². The normalized spacial score (nSPS) is 12.5. The van der Waals surface area contributed by atoms with E-state index >= 15 is 0 Å². The summed E-state index contributed by atoms with van der Waals surface area (Å²) in [5, 5.41) is 6.48. The number of hydrogen-bond acceptors (Lipinski definition) is 5. The number of rotatable bonds is 7. The van der Waals surface area contributed by atoms with Crippen LogP contribution in [0.1, 0.15) is 20.3 Å². The Balaban J connectivity index is 2.46. The second-order valence-corrected chi connectivity index (χ2v) is 4.43. The SMILES string of the molecule is CCNc1nccc(NC(C)CCN(C)C)n1. The van der Waals surface area contributed by atoms with E-state index in [0.717, 1.165) is 25.3 Å². The number of hydrogen-bond donors (Lipinski definition) is 2. The third kappa shape index (κ3) is 5.49. The Kier molecular flexibility index (Phi) is 5.69. The Labute approximate surface area is 104 Å². The van der Waals surface area contributed by atoms with Crippen molar-refractivity contribution in [2.75, 3.05) is 37.8 Å². The molecule has 0 fully saturated rings. The van der Waals surface area contributed by atoms with Gasteiger partial charge in [-0.15, -0.1) is 0 Å². The summed E-state index contributed by atoms with van der Waals surface area (Å²) in [7, 11) is 4.17. The fraction of sp³-hybridized carbons (Fsp3) is 0.667. The van der Waals surface area contributed by atoms with Crippen molar-refractivity contribution in [3.05, 3.63) is 12.3 Å². The molecule has 1 aromatic heterocycles. The van der Waals surface area contributed by atoms with E-state index in [2.05, 4.69) is 46.5 Å². The number of nitrogens with zero attached hydrogens (tertiary/aromatic N) is 3. The van der Waals surface area contributed by atoms with E-state index in [1.807, 2.05) is 13.0 Å². The molecule has 0 amide bonds. The molecule has 2 N–H and O–H groups in total. The molecule has 17 heavy (non-hydrogen) atoms. The lowest BCUT2D eigenvalue weighted by Crippen LogP contribution is -2.23. The predicted octanol–water partition coefficient (Wildman–Crippen LogP) is 1.66. The van der Waals surface area contributed by atoms with Crippen molar-refractivity contribution in [3.63, 3.8) is 0 Å². The molecule has 5 nitrogen and oxygen atoms in total. The van der Waals surface area contributed by atoms with E-state index in [4.69, 9.17) is 0 Å². The maximum atomic E-state index is 4.38. The second kappa shape index (κ2) is 7.06. The second-order valence-electron chi connectivity index (χ2n) is 4.43. The zero-order valence-corrected chi connectivity index (χ0v) is 11.2. The van der Waals surface area contributed by atoms with Crippen molar-refractivity contribution in [2.45, 2.75) is 26.3 Å². The first-order valence-electron chi connectivity index (χ1n) is 6.10. The first-order chi connectivity index (χ1) is 8.11. The molecule has 0 saturated carbocycles. The molecular formula is C12H23N5. The molecular weight excluding hydrogens is 214 g/mol. The highest BCUT2D eigenvalue weighted by atomic mass is 15.1. The monoisotopic (exact) mass is 237 g/mol. The van der Waals surface area contributed by atoms with E-state index in [0.29, 0.717) is 12.0 Å². The third-order valence-corrected chi connectivity index (χ3v) is 2.39. The van der Waals surface area contributed by atoms with Gasteiger partial charge in [-0.1, -0.05) is 0 Å².